The summed E-state index contributed by atoms with van der Waals surface area (Å²) in [5.41, 5.74) is 0.558. The molecule has 0 bridgehead atoms. The first-order chi connectivity index (χ1) is 8.09. The van der Waals surface area contributed by atoms with Crippen LogP contribution in [0.2, 0.25) is 0 Å². The van der Waals surface area contributed by atoms with Gasteiger partial charge in [-0.3, -0.25) is 5.21 Å². The van der Waals surface area contributed by atoms with E-state index < -0.39 is 12.1 Å². The lowest BCUT2D eigenvalue weighted by Gasteiger charge is -2.11. The molecule has 1 atom stereocenters. The number of ether oxygens (including phenoxy) is 1. The van der Waals surface area contributed by atoms with Crippen LogP contribution in [0.3, 0.4) is 0 Å². The van der Waals surface area contributed by atoms with E-state index in [1.165, 1.54) is 13.1 Å². The van der Waals surface area contributed by atoms with Gasteiger partial charge in [0.05, 0.1) is 5.39 Å². The van der Waals surface area contributed by atoms with Crippen molar-refractivity contribution in [2.24, 2.45) is 0 Å². The number of hydrogen-bond acceptors (Lipinski definition) is 3. The number of fused-ring (bicyclic) bond motifs is 1. The molecule has 0 radical (unpaired) electrons. The zero-order chi connectivity index (χ0) is 12.4. The molecule has 0 aliphatic rings. The number of carboxylic acids is 1. The largest absolute Gasteiger partial charge is 0.479 e. The second kappa shape index (κ2) is 4.29. The molecule has 0 saturated heterocycles. The van der Waals surface area contributed by atoms with Crippen LogP contribution in [0.25, 0.3) is 10.9 Å². The van der Waals surface area contributed by atoms with Crippen LogP contribution in [0.1, 0.15) is 6.92 Å². The molecule has 0 amide bonds. The minimum absolute atomic E-state index is 0.431. The van der Waals surface area contributed by atoms with Crippen LogP contribution < -0.4 is 9.47 Å². The van der Waals surface area contributed by atoms with Crippen molar-refractivity contribution in [3.63, 3.8) is 0 Å². The van der Waals surface area contributed by atoms with Gasteiger partial charge < -0.3 is 9.84 Å². The molecule has 17 heavy (non-hydrogen) atoms. The summed E-state index contributed by atoms with van der Waals surface area (Å²) in [7, 11) is 0. The van der Waals surface area contributed by atoms with E-state index >= 15 is 0 Å². The number of carboxylic acid groups (broad SMARTS) is 1. The Morgan fingerprint density at radius 1 is 1.35 bits per heavy atom. The highest BCUT2D eigenvalue weighted by Gasteiger charge is 2.16. The Bertz CT molecular complexity index is 567. The first-order valence-electron chi connectivity index (χ1n) is 5.11. The summed E-state index contributed by atoms with van der Waals surface area (Å²) in [6.45, 7) is 1.46. The van der Waals surface area contributed by atoms with E-state index in [4.69, 9.17) is 9.84 Å². The zero-order valence-corrected chi connectivity index (χ0v) is 9.20. The van der Waals surface area contributed by atoms with Crippen molar-refractivity contribution in [2.75, 3.05) is 0 Å². The Morgan fingerprint density at radius 3 is 2.82 bits per heavy atom. The fraction of sp³-hybridized carbons (Fsp3) is 0.167. The highest BCUT2D eigenvalue weighted by Crippen LogP contribution is 2.23. The molecule has 2 aromatic rings. The third kappa shape index (κ3) is 2.13. The molecule has 5 heteroatoms. The van der Waals surface area contributed by atoms with Crippen LogP contribution in [0.5, 0.6) is 5.75 Å². The van der Waals surface area contributed by atoms with Crippen molar-refractivity contribution in [3.8, 4) is 5.75 Å². The number of benzene rings is 1. The van der Waals surface area contributed by atoms with E-state index in [9.17, 15) is 10.0 Å². The van der Waals surface area contributed by atoms with E-state index in [0.717, 1.165) is 4.73 Å². The minimum atomic E-state index is -1.03. The van der Waals surface area contributed by atoms with Crippen molar-refractivity contribution < 1.29 is 24.6 Å². The van der Waals surface area contributed by atoms with Gasteiger partial charge in [0.2, 0.25) is 6.20 Å². The van der Waals surface area contributed by atoms with E-state index in [1.54, 1.807) is 30.3 Å². The van der Waals surface area contributed by atoms with Crippen LogP contribution in [-0.4, -0.2) is 22.4 Å². The van der Waals surface area contributed by atoms with Gasteiger partial charge in [0.15, 0.2) is 6.10 Å². The summed E-state index contributed by atoms with van der Waals surface area (Å²) in [4.78, 5) is 10.7. The molecular formula is C12H12NO4+. The molecule has 1 heterocycles. The molecule has 0 saturated carbocycles. The summed E-state index contributed by atoms with van der Waals surface area (Å²) in [6, 6.07) is 8.49. The molecule has 0 aliphatic carbocycles. The number of aliphatic carboxylic acids is 1. The van der Waals surface area contributed by atoms with Crippen LogP contribution in [-0.2, 0) is 4.79 Å². The molecule has 0 spiro atoms. The second-order valence-electron chi connectivity index (χ2n) is 3.64. The topological polar surface area (TPSA) is 70.6 Å². The molecule has 2 N–H and O–H groups in total. The molecule has 1 aromatic carbocycles. The van der Waals surface area contributed by atoms with Crippen LogP contribution in [0.4, 0.5) is 0 Å². The smallest absolute Gasteiger partial charge is 0.344 e. The van der Waals surface area contributed by atoms with Gasteiger partial charge in [-0.1, -0.05) is 6.07 Å². The van der Waals surface area contributed by atoms with Gasteiger partial charge >= 0.3 is 5.97 Å². The molecule has 2 rings (SSSR count). The van der Waals surface area contributed by atoms with Gasteiger partial charge in [-0.15, -0.1) is 0 Å². The van der Waals surface area contributed by atoms with Crippen molar-refractivity contribution >= 4 is 16.9 Å². The summed E-state index contributed by atoms with van der Waals surface area (Å²) < 4.78 is 6.29. The Hall–Kier alpha value is -2.30. The number of hydrogen-bond donors (Lipinski definition) is 2. The van der Waals surface area contributed by atoms with Gasteiger partial charge in [0.25, 0.3) is 5.52 Å². The highest BCUT2D eigenvalue weighted by atomic mass is 16.5. The maximum atomic E-state index is 10.7. The van der Waals surface area contributed by atoms with E-state index in [0.29, 0.717) is 16.7 Å². The quantitative estimate of drug-likeness (QED) is 0.618. The predicted octanol–water partition coefficient (Wildman–Crippen LogP) is 1.22. The van der Waals surface area contributed by atoms with Gasteiger partial charge in [0, 0.05) is 16.9 Å². The monoisotopic (exact) mass is 234 g/mol. The van der Waals surface area contributed by atoms with E-state index in [-0.39, 0.29) is 0 Å². The normalized spacial score (nSPS) is 12.3. The minimum Gasteiger partial charge on any atom is -0.479 e. The van der Waals surface area contributed by atoms with E-state index in [2.05, 4.69) is 0 Å². The summed E-state index contributed by atoms with van der Waals surface area (Å²) in [6.07, 6.45) is 0.556. The SMILES string of the molecule is C[C@H](Oc1cccc2c1ccc[n+]2O)C(=O)O. The fourth-order valence-corrected chi connectivity index (χ4v) is 1.54. The average molecular weight is 234 g/mol. The number of carbonyl (C=O) groups is 1. The molecule has 88 valence electrons. The Kier molecular flexibility index (Phi) is 2.82. The van der Waals surface area contributed by atoms with Crippen LogP contribution in [0.15, 0.2) is 36.5 Å². The lowest BCUT2D eigenvalue weighted by atomic mass is 10.2. The number of aromatic nitrogens is 1. The third-order valence-electron chi connectivity index (χ3n) is 2.43. The standard InChI is InChI=1S/C12H11NO4/c1-8(12(14)15)17-11-6-2-5-10-9(11)4-3-7-13(10)16/h2-8H,1H3,(H-,14,15,16)/p+1/t8-/m0/s1. The van der Waals surface area contributed by atoms with E-state index in [1.807, 2.05) is 0 Å². The van der Waals surface area contributed by atoms with Crippen molar-refractivity contribution in [1.29, 1.82) is 0 Å². The molecule has 0 unspecified atom stereocenters. The molecule has 1 aromatic heterocycles. The third-order valence-corrected chi connectivity index (χ3v) is 2.43. The van der Waals surface area contributed by atoms with Gasteiger partial charge in [0.1, 0.15) is 5.75 Å². The molecule has 5 nitrogen and oxygen atoms in total. The lowest BCUT2D eigenvalue weighted by Crippen LogP contribution is -2.30. The summed E-state index contributed by atoms with van der Waals surface area (Å²) in [5, 5.41) is 19.0. The lowest BCUT2D eigenvalue weighted by molar-refractivity contribution is -0.884. The first-order valence-corrected chi connectivity index (χ1v) is 5.11. The number of pyridine rings is 1. The summed E-state index contributed by atoms with van der Waals surface area (Å²) in [5.74, 6) is -0.601. The number of nitrogens with zero attached hydrogens (tertiary/aromatic N) is 1. The Labute approximate surface area is 97.5 Å². The van der Waals surface area contributed by atoms with Gasteiger partial charge in [-0.25, -0.2) is 4.79 Å². The van der Waals surface area contributed by atoms with Crippen LogP contribution >= 0.6 is 0 Å². The van der Waals surface area contributed by atoms with Gasteiger partial charge in [-0.2, -0.15) is 0 Å². The van der Waals surface area contributed by atoms with Crippen molar-refractivity contribution in [2.45, 2.75) is 13.0 Å². The molecule has 0 fully saturated rings. The maximum Gasteiger partial charge on any atom is 0.344 e. The van der Waals surface area contributed by atoms with Crippen molar-refractivity contribution in [1.82, 2.24) is 0 Å². The highest BCUT2D eigenvalue weighted by molar-refractivity contribution is 5.83. The molecule has 0 aliphatic heterocycles. The molecular weight excluding hydrogens is 222 g/mol. The predicted molar refractivity (Wildman–Crippen MR) is 59.1 cm³/mol. The Morgan fingerprint density at radius 2 is 2.12 bits per heavy atom. The van der Waals surface area contributed by atoms with Crippen LogP contribution in [0, 0.1) is 0 Å². The number of rotatable bonds is 3. The average Bonchev–Trinajstić information content (AvgIpc) is 2.30. The first kappa shape index (κ1) is 11.2. The van der Waals surface area contributed by atoms with Gasteiger partial charge in [-0.05, 0) is 19.1 Å². The van der Waals surface area contributed by atoms with Crippen molar-refractivity contribution in [3.05, 3.63) is 36.5 Å². The fourth-order valence-electron chi connectivity index (χ4n) is 1.54. The maximum absolute atomic E-state index is 10.7. The zero-order valence-electron chi connectivity index (χ0n) is 9.20. The Balaban J connectivity index is 2.48. The second-order valence-corrected chi connectivity index (χ2v) is 3.64. The summed E-state index contributed by atoms with van der Waals surface area (Å²) >= 11 is 0.